The Morgan fingerprint density at radius 2 is 1.62 bits per heavy atom. The molecule has 0 saturated heterocycles. The van der Waals surface area contributed by atoms with Crippen LogP contribution in [0.3, 0.4) is 0 Å². The fraction of sp³-hybridized carbons (Fsp3) is 0.333. The number of rotatable bonds is 3. The first kappa shape index (κ1) is 13.2. The van der Waals surface area contributed by atoms with Crippen LogP contribution in [0.25, 0.3) is 0 Å². The molecule has 0 spiro atoms. The molecule has 1 radical (unpaired) electrons. The van der Waals surface area contributed by atoms with Gasteiger partial charge in [0.05, 0.1) is 6.61 Å². The van der Waals surface area contributed by atoms with E-state index < -0.39 is 18.8 Å². The molecule has 4 heteroatoms. The van der Waals surface area contributed by atoms with Gasteiger partial charge < -0.3 is 15.3 Å². The second-order valence-corrected chi connectivity index (χ2v) is 2.61. The van der Waals surface area contributed by atoms with Gasteiger partial charge in [-0.1, -0.05) is 30.3 Å². The standard InChI is InChI=1S/C9H12O3.Y/c10-6-8(11)9(12)7-4-2-1-3-5-7;/h1-5,8-12H,6H2;/t8-,9+;/m1./s1. The molecule has 2 atom stereocenters. The van der Waals surface area contributed by atoms with Crippen molar-refractivity contribution in [1.29, 1.82) is 0 Å². The molecule has 0 unspecified atom stereocenters. The fourth-order valence-corrected chi connectivity index (χ4v) is 0.972. The summed E-state index contributed by atoms with van der Waals surface area (Å²) in [5.41, 5.74) is 0.610. The Morgan fingerprint density at radius 3 is 2.08 bits per heavy atom. The van der Waals surface area contributed by atoms with Crippen LogP contribution in [0.15, 0.2) is 30.3 Å². The van der Waals surface area contributed by atoms with Crippen molar-refractivity contribution in [2.24, 2.45) is 0 Å². The molecule has 13 heavy (non-hydrogen) atoms. The molecule has 69 valence electrons. The summed E-state index contributed by atoms with van der Waals surface area (Å²) in [4.78, 5) is 0. The van der Waals surface area contributed by atoms with Crippen LogP contribution in [-0.4, -0.2) is 28.0 Å². The summed E-state index contributed by atoms with van der Waals surface area (Å²) >= 11 is 0. The van der Waals surface area contributed by atoms with Gasteiger partial charge in [-0.3, -0.25) is 0 Å². The minimum absolute atomic E-state index is 0. The predicted octanol–water partition coefficient (Wildman–Crippen LogP) is 0.0707. The number of hydrogen-bond acceptors (Lipinski definition) is 3. The molecule has 0 amide bonds. The fourth-order valence-electron chi connectivity index (χ4n) is 0.972. The molecule has 1 aromatic rings. The Balaban J connectivity index is 0.00000144. The van der Waals surface area contributed by atoms with Crippen molar-refractivity contribution in [3.05, 3.63) is 35.9 Å². The Bertz CT molecular complexity index is 228. The zero-order valence-corrected chi connectivity index (χ0v) is 10.0. The summed E-state index contributed by atoms with van der Waals surface area (Å²) in [6.07, 6.45) is -2.11. The van der Waals surface area contributed by atoms with Gasteiger partial charge in [0, 0.05) is 32.7 Å². The largest absolute Gasteiger partial charge is 0.394 e. The van der Waals surface area contributed by atoms with Gasteiger partial charge in [-0.2, -0.15) is 0 Å². The molecular formula is C9H12O3Y. The van der Waals surface area contributed by atoms with Gasteiger partial charge in [-0.25, -0.2) is 0 Å². The van der Waals surface area contributed by atoms with Crippen LogP contribution in [0.4, 0.5) is 0 Å². The molecule has 0 aliphatic carbocycles. The topological polar surface area (TPSA) is 60.7 Å². The third kappa shape index (κ3) is 3.83. The Kier molecular flexibility index (Phi) is 6.73. The van der Waals surface area contributed by atoms with E-state index in [0.717, 1.165) is 0 Å². The molecule has 3 N–H and O–H groups in total. The number of benzene rings is 1. The first-order valence-electron chi connectivity index (χ1n) is 3.77. The first-order valence-corrected chi connectivity index (χ1v) is 3.77. The molecule has 0 heterocycles. The van der Waals surface area contributed by atoms with E-state index >= 15 is 0 Å². The maximum Gasteiger partial charge on any atom is 0.107 e. The molecule has 1 aromatic carbocycles. The maximum atomic E-state index is 9.38. The van der Waals surface area contributed by atoms with E-state index in [2.05, 4.69) is 0 Å². The normalized spacial score (nSPS) is 14.4. The van der Waals surface area contributed by atoms with Crippen LogP contribution < -0.4 is 0 Å². The molecule has 1 rings (SSSR count). The minimum Gasteiger partial charge on any atom is -0.394 e. The summed E-state index contributed by atoms with van der Waals surface area (Å²) in [6, 6.07) is 8.75. The van der Waals surface area contributed by atoms with Gasteiger partial charge in [0.1, 0.15) is 12.2 Å². The van der Waals surface area contributed by atoms with Gasteiger partial charge in [0.15, 0.2) is 0 Å². The Labute approximate surface area is 102 Å². The number of aliphatic hydroxyl groups excluding tert-OH is 3. The summed E-state index contributed by atoms with van der Waals surface area (Å²) in [7, 11) is 0. The smallest absolute Gasteiger partial charge is 0.107 e. The number of aliphatic hydroxyl groups is 3. The molecule has 3 nitrogen and oxygen atoms in total. The van der Waals surface area contributed by atoms with Gasteiger partial charge in [0.2, 0.25) is 0 Å². The van der Waals surface area contributed by atoms with Crippen LogP contribution in [0.5, 0.6) is 0 Å². The van der Waals surface area contributed by atoms with E-state index in [0.29, 0.717) is 5.56 Å². The van der Waals surface area contributed by atoms with Crippen molar-refractivity contribution < 1.29 is 48.0 Å². The minimum atomic E-state index is -1.10. The van der Waals surface area contributed by atoms with Gasteiger partial charge >= 0.3 is 0 Å². The van der Waals surface area contributed by atoms with E-state index in [1.165, 1.54) is 0 Å². The van der Waals surface area contributed by atoms with Gasteiger partial charge in [0.25, 0.3) is 0 Å². The van der Waals surface area contributed by atoms with Crippen molar-refractivity contribution in [3.63, 3.8) is 0 Å². The second kappa shape index (κ2) is 6.63. The average molecular weight is 257 g/mol. The average Bonchev–Trinajstić information content (AvgIpc) is 2.17. The molecular weight excluding hydrogens is 245 g/mol. The molecule has 0 aliphatic heterocycles. The monoisotopic (exact) mass is 257 g/mol. The van der Waals surface area contributed by atoms with Gasteiger partial charge in [-0.05, 0) is 5.56 Å². The predicted molar refractivity (Wildman–Crippen MR) is 44.5 cm³/mol. The van der Waals surface area contributed by atoms with E-state index in [9.17, 15) is 5.11 Å². The van der Waals surface area contributed by atoms with Crippen LogP contribution in [0.2, 0.25) is 0 Å². The van der Waals surface area contributed by atoms with Gasteiger partial charge in [-0.15, -0.1) is 0 Å². The quantitative estimate of drug-likeness (QED) is 0.718. The van der Waals surface area contributed by atoms with Crippen molar-refractivity contribution in [2.45, 2.75) is 12.2 Å². The zero-order valence-electron chi connectivity index (χ0n) is 7.17. The number of hydrogen-bond donors (Lipinski definition) is 3. The van der Waals surface area contributed by atoms with E-state index in [1.807, 2.05) is 6.07 Å². The van der Waals surface area contributed by atoms with Crippen LogP contribution in [-0.2, 0) is 32.7 Å². The first-order chi connectivity index (χ1) is 5.75. The third-order valence-corrected chi connectivity index (χ3v) is 1.69. The SMILES string of the molecule is OC[C@@H](O)[C@@H](O)c1ccccc1.[Y]. The van der Waals surface area contributed by atoms with E-state index in [1.54, 1.807) is 24.3 Å². The van der Waals surface area contributed by atoms with Crippen LogP contribution in [0.1, 0.15) is 11.7 Å². The summed E-state index contributed by atoms with van der Waals surface area (Å²) < 4.78 is 0. The van der Waals surface area contributed by atoms with Crippen molar-refractivity contribution in [3.8, 4) is 0 Å². The molecule has 0 fully saturated rings. The third-order valence-electron chi connectivity index (χ3n) is 1.69. The van der Waals surface area contributed by atoms with Crippen LogP contribution in [0, 0.1) is 0 Å². The van der Waals surface area contributed by atoms with Crippen molar-refractivity contribution >= 4 is 0 Å². The summed E-state index contributed by atoms with van der Waals surface area (Å²) in [5, 5.41) is 27.0. The molecule has 0 aromatic heterocycles. The summed E-state index contributed by atoms with van der Waals surface area (Å²) in [6.45, 7) is -0.434. The molecule has 0 bridgehead atoms. The second-order valence-electron chi connectivity index (χ2n) is 2.61. The van der Waals surface area contributed by atoms with E-state index in [-0.39, 0.29) is 32.7 Å². The van der Waals surface area contributed by atoms with Crippen LogP contribution >= 0.6 is 0 Å². The molecule has 0 aliphatic rings. The van der Waals surface area contributed by atoms with Crippen molar-refractivity contribution in [2.75, 3.05) is 6.61 Å². The Morgan fingerprint density at radius 1 is 1.08 bits per heavy atom. The van der Waals surface area contributed by atoms with E-state index in [4.69, 9.17) is 10.2 Å². The summed E-state index contributed by atoms with van der Waals surface area (Å²) in [5.74, 6) is 0. The van der Waals surface area contributed by atoms with Crippen molar-refractivity contribution in [1.82, 2.24) is 0 Å². The maximum absolute atomic E-state index is 9.38. The Hall–Kier alpha value is 0.204. The molecule has 0 saturated carbocycles. The zero-order chi connectivity index (χ0) is 8.97.